The molecule has 3 amide bonds. The molecule has 2 rings (SSSR count). The summed E-state index contributed by atoms with van der Waals surface area (Å²) in [6, 6.07) is 9.32. The Hall–Kier alpha value is -1.92. The molecule has 1 aliphatic rings. The molecule has 1 heterocycles. The Kier molecular flexibility index (Phi) is 5.91. The second kappa shape index (κ2) is 7.91. The molecule has 0 bridgehead atoms. The molecule has 6 heteroatoms. The fourth-order valence-corrected chi connectivity index (χ4v) is 2.70. The van der Waals surface area contributed by atoms with Crippen LogP contribution in [-0.2, 0) is 11.2 Å². The van der Waals surface area contributed by atoms with Gasteiger partial charge in [0.15, 0.2) is 0 Å². The Balaban J connectivity index is 1.73. The van der Waals surface area contributed by atoms with E-state index in [2.05, 4.69) is 39.4 Å². The Morgan fingerprint density at radius 2 is 1.82 bits per heavy atom. The predicted molar refractivity (Wildman–Crippen MR) is 85.3 cm³/mol. The summed E-state index contributed by atoms with van der Waals surface area (Å²) in [6.45, 7) is 6.34. The predicted octanol–water partition coefficient (Wildman–Crippen LogP) is 0.430. The van der Waals surface area contributed by atoms with E-state index in [0.29, 0.717) is 0 Å². The second-order valence-corrected chi connectivity index (χ2v) is 5.64. The van der Waals surface area contributed by atoms with E-state index in [4.69, 9.17) is 5.73 Å². The third-order valence-electron chi connectivity index (χ3n) is 4.14. The zero-order valence-corrected chi connectivity index (χ0v) is 13.0. The summed E-state index contributed by atoms with van der Waals surface area (Å²) in [5.41, 5.74) is 6.33. The first-order valence-corrected chi connectivity index (χ1v) is 7.67. The standard InChI is InChI=1S/C16H24N4O2/c1-13(15(21)18-16(17)22)20-11-9-19(10-12-20)8-7-14-5-3-2-4-6-14/h2-6,13H,7-12H2,1H3,(H3,17,18,21,22)/t13-/m1/s1. The highest BCUT2D eigenvalue weighted by molar-refractivity contribution is 5.96. The second-order valence-electron chi connectivity index (χ2n) is 5.64. The number of nitrogens with two attached hydrogens (primary N) is 1. The van der Waals surface area contributed by atoms with E-state index in [1.54, 1.807) is 6.92 Å². The average molecular weight is 304 g/mol. The van der Waals surface area contributed by atoms with Gasteiger partial charge in [0.2, 0.25) is 5.91 Å². The van der Waals surface area contributed by atoms with Crippen LogP contribution in [0.15, 0.2) is 30.3 Å². The van der Waals surface area contributed by atoms with Crippen LogP contribution in [0.2, 0.25) is 0 Å². The largest absolute Gasteiger partial charge is 0.351 e. The number of urea groups is 1. The molecular weight excluding hydrogens is 280 g/mol. The molecule has 1 atom stereocenters. The highest BCUT2D eigenvalue weighted by Gasteiger charge is 2.25. The van der Waals surface area contributed by atoms with Crippen molar-refractivity contribution in [3.05, 3.63) is 35.9 Å². The average Bonchev–Trinajstić information content (AvgIpc) is 2.53. The van der Waals surface area contributed by atoms with Crippen molar-refractivity contribution in [3.63, 3.8) is 0 Å². The summed E-state index contributed by atoms with van der Waals surface area (Å²) >= 11 is 0. The van der Waals surface area contributed by atoms with E-state index >= 15 is 0 Å². The van der Waals surface area contributed by atoms with Crippen LogP contribution in [0.1, 0.15) is 12.5 Å². The molecule has 3 N–H and O–H groups in total. The van der Waals surface area contributed by atoms with Crippen LogP contribution < -0.4 is 11.1 Å². The van der Waals surface area contributed by atoms with Gasteiger partial charge in [0.1, 0.15) is 0 Å². The van der Waals surface area contributed by atoms with E-state index < -0.39 is 6.03 Å². The molecule has 1 saturated heterocycles. The van der Waals surface area contributed by atoms with Crippen molar-refractivity contribution >= 4 is 11.9 Å². The molecule has 0 aliphatic carbocycles. The summed E-state index contributed by atoms with van der Waals surface area (Å²) in [7, 11) is 0. The maximum absolute atomic E-state index is 11.8. The van der Waals surface area contributed by atoms with Gasteiger partial charge in [0.25, 0.3) is 0 Å². The number of nitrogens with zero attached hydrogens (tertiary/aromatic N) is 2. The number of imide groups is 1. The molecule has 6 nitrogen and oxygen atoms in total. The van der Waals surface area contributed by atoms with Gasteiger partial charge in [-0.1, -0.05) is 30.3 Å². The molecule has 0 aromatic heterocycles. The smallest absolute Gasteiger partial charge is 0.318 e. The lowest BCUT2D eigenvalue weighted by atomic mass is 10.1. The van der Waals surface area contributed by atoms with Gasteiger partial charge in [-0.2, -0.15) is 0 Å². The molecule has 1 aromatic rings. The third-order valence-corrected chi connectivity index (χ3v) is 4.14. The number of nitrogens with one attached hydrogen (secondary N) is 1. The number of primary amides is 1. The number of benzene rings is 1. The normalized spacial score (nSPS) is 17.9. The minimum atomic E-state index is -0.793. The van der Waals surface area contributed by atoms with E-state index in [0.717, 1.165) is 39.1 Å². The third kappa shape index (κ3) is 4.82. The SMILES string of the molecule is C[C@H](C(=O)NC(N)=O)N1CCN(CCc2ccccc2)CC1. The Morgan fingerprint density at radius 3 is 2.41 bits per heavy atom. The number of hydrogen-bond donors (Lipinski definition) is 2. The van der Waals surface area contributed by atoms with Crippen molar-refractivity contribution in [3.8, 4) is 0 Å². The number of piperazine rings is 1. The number of carbonyl (C=O) groups excluding carboxylic acids is 2. The van der Waals surface area contributed by atoms with Gasteiger partial charge in [0.05, 0.1) is 6.04 Å². The van der Waals surface area contributed by atoms with E-state index in [1.165, 1.54) is 5.56 Å². The fraction of sp³-hybridized carbons (Fsp3) is 0.500. The molecule has 120 valence electrons. The summed E-state index contributed by atoms with van der Waals surface area (Å²) < 4.78 is 0. The maximum Gasteiger partial charge on any atom is 0.318 e. The van der Waals surface area contributed by atoms with Crippen LogP contribution in [0.5, 0.6) is 0 Å². The Labute approximate surface area is 131 Å². The van der Waals surface area contributed by atoms with Gasteiger partial charge in [-0.05, 0) is 18.9 Å². The molecule has 1 aromatic carbocycles. The van der Waals surface area contributed by atoms with Crippen molar-refractivity contribution in [2.24, 2.45) is 5.73 Å². The van der Waals surface area contributed by atoms with Crippen LogP contribution in [0.4, 0.5) is 4.79 Å². The monoisotopic (exact) mass is 304 g/mol. The van der Waals surface area contributed by atoms with Crippen molar-refractivity contribution in [2.75, 3.05) is 32.7 Å². The lowest BCUT2D eigenvalue weighted by molar-refractivity contribution is -0.125. The fourth-order valence-electron chi connectivity index (χ4n) is 2.70. The zero-order chi connectivity index (χ0) is 15.9. The lowest BCUT2D eigenvalue weighted by Gasteiger charge is -2.37. The zero-order valence-electron chi connectivity index (χ0n) is 13.0. The van der Waals surface area contributed by atoms with Gasteiger partial charge < -0.3 is 10.6 Å². The summed E-state index contributed by atoms with van der Waals surface area (Å²) in [5.74, 6) is -0.328. The number of amides is 3. The van der Waals surface area contributed by atoms with Gasteiger partial charge in [-0.25, -0.2) is 4.79 Å². The first kappa shape index (κ1) is 16.5. The van der Waals surface area contributed by atoms with Crippen molar-refractivity contribution in [2.45, 2.75) is 19.4 Å². The van der Waals surface area contributed by atoms with Crippen LogP contribution in [0, 0.1) is 0 Å². The Bertz CT molecular complexity index is 498. The number of rotatable bonds is 5. The number of hydrogen-bond acceptors (Lipinski definition) is 4. The Morgan fingerprint density at radius 1 is 1.18 bits per heavy atom. The van der Waals surface area contributed by atoms with E-state index in [1.807, 2.05) is 6.07 Å². The molecule has 0 spiro atoms. The molecule has 1 fully saturated rings. The van der Waals surface area contributed by atoms with E-state index in [-0.39, 0.29) is 11.9 Å². The minimum absolute atomic E-state index is 0.328. The quantitative estimate of drug-likeness (QED) is 0.827. The molecule has 22 heavy (non-hydrogen) atoms. The molecule has 0 radical (unpaired) electrons. The highest BCUT2D eigenvalue weighted by Crippen LogP contribution is 2.08. The van der Waals surface area contributed by atoms with E-state index in [9.17, 15) is 9.59 Å². The van der Waals surface area contributed by atoms with Crippen molar-refractivity contribution in [1.29, 1.82) is 0 Å². The van der Waals surface area contributed by atoms with Gasteiger partial charge >= 0.3 is 6.03 Å². The van der Waals surface area contributed by atoms with Crippen molar-refractivity contribution < 1.29 is 9.59 Å². The first-order valence-electron chi connectivity index (χ1n) is 7.67. The van der Waals surface area contributed by atoms with Crippen LogP contribution >= 0.6 is 0 Å². The maximum atomic E-state index is 11.8. The lowest BCUT2D eigenvalue weighted by Crippen LogP contribution is -2.55. The number of carbonyl (C=O) groups is 2. The minimum Gasteiger partial charge on any atom is -0.351 e. The van der Waals surface area contributed by atoms with Crippen molar-refractivity contribution in [1.82, 2.24) is 15.1 Å². The highest BCUT2D eigenvalue weighted by atomic mass is 16.2. The van der Waals surface area contributed by atoms with Crippen LogP contribution in [0.3, 0.4) is 0 Å². The summed E-state index contributed by atoms with van der Waals surface area (Å²) in [4.78, 5) is 27.0. The van der Waals surface area contributed by atoms with Crippen LogP contribution in [0.25, 0.3) is 0 Å². The van der Waals surface area contributed by atoms with Gasteiger partial charge in [-0.15, -0.1) is 0 Å². The molecular formula is C16H24N4O2. The van der Waals surface area contributed by atoms with Crippen LogP contribution in [-0.4, -0.2) is 60.5 Å². The van der Waals surface area contributed by atoms with Gasteiger partial charge in [-0.3, -0.25) is 15.0 Å². The summed E-state index contributed by atoms with van der Waals surface area (Å²) in [6.07, 6.45) is 1.04. The summed E-state index contributed by atoms with van der Waals surface area (Å²) in [5, 5.41) is 2.14. The topological polar surface area (TPSA) is 78.7 Å². The molecule has 0 saturated carbocycles. The molecule has 0 unspecified atom stereocenters. The first-order chi connectivity index (χ1) is 10.6. The molecule has 1 aliphatic heterocycles. The van der Waals surface area contributed by atoms with Gasteiger partial charge in [0, 0.05) is 32.7 Å².